The van der Waals surface area contributed by atoms with E-state index in [1.807, 2.05) is 17.0 Å². The van der Waals surface area contributed by atoms with Crippen molar-refractivity contribution in [2.45, 2.75) is 57.1 Å². The summed E-state index contributed by atoms with van der Waals surface area (Å²) in [5.74, 6) is 0. The largest absolute Gasteiger partial charge is 0.396 e. The molecule has 5 heteroatoms. The smallest absolute Gasteiger partial charge is 0.341 e. The Balaban J connectivity index is 1.66. The number of hydrogen-bond acceptors (Lipinski definition) is 3. The number of fused-ring (bicyclic) bond motifs is 1. The number of urea groups is 1. The number of carbonyl (C=O) groups is 1. The molecule has 1 fully saturated rings. The monoisotopic (exact) mass is 318 g/mol. The van der Waals surface area contributed by atoms with Gasteiger partial charge in [0, 0.05) is 13.2 Å². The third-order valence-electron chi connectivity index (χ3n) is 4.91. The highest BCUT2D eigenvalue weighted by Gasteiger charge is 2.31. The molecule has 0 heterocycles. The second kappa shape index (κ2) is 7.79. The Labute approximate surface area is 137 Å². The number of rotatable bonds is 6. The van der Waals surface area contributed by atoms with Crippen LogP contribution in [0.2, 0.25) is 0 Å². The summed E-state index contributed by atoms with van der Waals surface area (Å²) in [6.07, 6.45) is 7.03. The predicted octanol–water partition coefficient (Wildman–Crippen LogP) is 2.94. The van der Waals surface area contributed by atoms with E-state index in [4.69, 9.17) is 9.94 Å². The molecule has 5 nitrogen and oxygen atoms in total. The van der Waals surface area contributed by atoms with Gasteiger partial charge in [-0.05, 0) is 43.2 Å². The van der Waals surface area contributed by atoms with Crippen molar-refractivity contribution in [2.75, 3.05) is 13.2 Å². The first-order valence-electron chi connectivity index (χ1n) is 8.70. The average molecular weight is 318 g/mol. The molecule has 0 spiro atoms. The molecule has 2 amide bonds. The number of hydroxylamine groups is 1. The number of aliphatic hydroxyl groups excluding tert-OH is 1. The molecule has 0 bridgehead atoms. The van der Waals surface area contributed by atoms with E-state index in [9.17, 15) is 4.79 Å². The second-order valence-corrected chi connectivity index (χ2v) is 6.46. The molecule has 1 atom stereocenters. The Morgan fingerprint density at radius 2 is 2.04 bits per heavy atom. The second-order valence-electron chi connectivity index (χ2n) is 6.46. The highest BCUT2D eigenvalue weighted by atomic mass is 16.7. The molecule has 2 aliphatic rings. The van der Waals surface area contributed by atoms with Gasteiger partial charge in [0.15, 0.2) is 0 Å². The zero-order chi connectivity index (χ0) is 16.1. The summed E-state index contributed by atoms with van der Waals surface area (Å²) >= 11 is 0. The van der Waals surface area contributed by atoms with Crippen LogP contribution in [0.15, 0.2) is 24.3 Å². The maximum absolute atomic E-state index is 12.6. The zero-order valence-corrected chi connectivity index (χ0v) is 13.5. The first-order chi connectivity index (χ1) is 11.3. The number of carbonyl (C=O) groups excluding carboxylic acids is 1. The Hall–Kier alpha value is -1.59. The Morgan fingerprint density at radius 3 is 2.83 bits per heavy atom. The van der Waals surface area contributed by atoms with Crippen molar-refractivity contribution < 1.29 is 14.7 Å². The Bertz CT molecular complexity index is 529. The van der Waals surface area contributed by atoms with Crippen molar-refractivity contribution in [1.82, 2.24) is 10.4 Å². The Morgan fingerprint density at radius 1 is 1.26 bits per heavy atom. The molecule has 0 aromatic heterocycles. The summed E-state index contributed by atoms with van der Waals surface area (Å²) in [4.78, 5) is 20.0. The fourth-order valence-corrected chi connectivity index (χ4v) is 3.70. The minimum atomic E-state index is -0.188. The summed E-state index contributed by atoms with van der Waals surface area (Å²) < 4.78 is 0. The van der Waals surface area contributed by atoms with Gasteiger partial charge in [-0.3, -0.25) is 4.84 Å². The van der Waals surface area contributed by atoms with E-state index >= 15 is 0 Å². The van der Waals surface area contributed by atoms with Gasteiger partial charge in [0.1, 0.15) is 0 Å². The molecular formula is C18H26N2O3. The zero-order valence-electron chi connectivity index (χ0n) is 13.5. The lowest BCUT2D eigenvalue weighted by Gasteiger charge is -2.30. The van der Waals surface area contributed by atoms with E-state index in [0.29, 0.717) is 13.0 Å². The SMILES string of the molecule is O=C(NOC1CCCC1)N(CCCO)C1CCc2ccccc21. The number of benzene rings is 1. The normalized spacial score (nSPS) is 20.5. The van der Waals surface area contributed by atoms with Gasteiger partial charge in [-0.1, -0.05) is 37.1 Å². The number of aliphatic hydroxyl groups is 1. The first kappa shape index (κ1) is 16.3. The lowest BCUT2D eigenvalue weighted by molar-refractivity contribution is -0.0113. The van der Waals surface area contributed by atoms with Gasteiger partial charge < -0.3 is 10.0 Å². The van der Waals surface area contributed by atoms with E-state index in [0.717, 1.165) is 25.7 Å². The Kier molecular flexibility index (Phi) is 5.51. The fourth-order valence-electron chi connectivity index (χ4n) is 3.70. The molecule has 0 saturated heterocycles. The highest BCUT2D eigenvalue weighted by molar-refractivity contribution is 5.74. The van der Waals surface area contributed by atoms with Crippen molar-refractivity contribution in [3.8, 4) is 0 Å². The van der Waals surface area contributed by atoms with Gasteiger partial charge in [0.2, 0.25) is 0 Å². The van der Waals surface area contributed by atoms with Crippen LogP contribution in [0.5, 0.6) is 0 Å². The highest BCUT2D eigenvalue weighted by Crippen LogP contribution is 2.35. The van der Waals surface area contributed by atoms with Crippen LogP contribution >= 0.6 is 0 Å². The van der Waals surface area contributed by atoms with Crippen LogP contribution in [0.4, 0.5) is 4.79 Å². The predicted molar refractivity (Wildman–Crippen MR) is 87.8 cm³/mol. The molecule has 126 valence electrons. The van der Waals surface area contributed by atoms with Crippen LogP contribution < -0.4 is 5.48 Å². The van der Waals surface area contributed by atoms with Crippen LogP contribution in [-0.4, -0.2) is 35.3 Å². The molecular weight excluding hydrogens is 292 g/mol. The lowest BCUT2D eigenvalue weighted by atomic mass is 10.1. The number of nitrogens with zero attached hydrogens (tertiary/aromatic N) is 1. The van der Waals surface area contributed by atoms with Crippen LogP contribution in [0.25, 0.3) is 0 Å². The van der Waals surface area contributed by atoms with Gasteiger partial charge in [-0.15, -0.1) is 0 Å². The van der Waals surface area contributed by atoms with Crippen LogP contribution in [0, 0.1) is 0 Å². The average Bonchev–Trinajstić information content (AvgIpc) is 3.23. The standard InChI is InChI=1S/C18H26N2O3/c21-13-5-12-20(18(22)19-23-15-7-2-3-8-15)17-11-10-14-6-1-4-9-16(14)17/h1,4,6,9,15,17,21H,2-3,5,7-8,10-13H2,(H,19,22). The number of nitrogens with one attached hydrogen (secondary N) is 1. The third-order valence-corrected chi connectivity index (χ3v) is 4.91. The van der Waals surface area contributed by atoms with Crippen LogP contribution in [0.1, 0.15) is 55.7 Å². The molecule has 23 heavy (non-hydrogen) atoms. The molecule has 2 N–H and O–H groups in total. The summed E-state index contributed by atoms with van der Waals surface area (Å²) in [6, 6.07) is 8.19. The van der Waals surface area contributed by atoms with Crippen LogP contribution in [0.3, 0.4) is 0 Å². The van der Waals surface area contributed by atoms with E-state index in [1.54, 1.807) is 0 Å². The molecule has 0 aliphatic heterocycles. The van der Waals surface area contributed by atoms with E-state index in [2.05, 4.69) is 17.6 Å². The lowest BCUT2D eigenvalue weighted by Crippen LogP contribution is -2.43. The molecule has 0 radical (unpaired) electrons. The maximum atomic E-state index is 12.6. The molecule has 1 unspecified atom stereocenters. The van der Waals surface area contributed by atoms with Crippen LogP contribution in [-0.2, 0) is 11.3 Å². The minimum absolute atomic E-state index is 0.0740. The van der Waals surface area contributed by atoms with E-state index < -0.39 is 0 Å². The number of amides is 2. The molecule has 3 rings (SSSR count). The summed E-state index contributed by atoms with van der Waals surface area (Å²) in [6.45, 7) is 0.622. The van der Waals surface area contributed by atoms with Crippen molar-refractivity contribution in [1.29, 1.82) is 0 Å². The van der Waals surface area contributed by atoms with Crippen molar-refractivity contribution >= 4 is 6.03 Å². The van der Waals surface area contributed by atoms with Crippen molar-refractivity contribution in [3.63, 3.8) is 0 Å². The molecule has 2 aliphatic carbocycles. The molecule has 1 saturated carbocycles. The van der Waals surface area contributed by atoms with E-state index in [1.165, 1.54) is 24.0 Å². The van der Waals surface area contributed by atoms with Gasteiger partial charge in [-0.2, -0.15) is 0 Å². The topological polar surface area (TPSA) is 61.8 Å². The number of hydrogen-bond donors (Lipinski definition) is 2. The van der Waals surface area contributed by atoms with Gasteiger partial charge in [0.25, 0.3) is 0 Å². The molecule has 1 aromatic rings. The van der Waals surface area contributed by atoms with E-state index in [-0.39, 0.29) is 24.8 Å². The number of aryl methyl sites for hydroxylation is 1. The van der Waals surface area contributed by atoms with Crippen molar-refractivity contribution in [3.05, 3.63) is 35.4 Å². The third kappa shape index (κ3) is 3.85. The molecule has 1 aromatic carbocycles. The van der Waals surface area contributed by atoms with Gasteiger partial charge in [-0.25, -0.2) is 10.3 Å². The van der Waals surface area contributed by atoms with Gasteiger partial charge >= 0.3 is 6.03 Å². The summed E-state index contributed by atoms with van der Waals surface area (Å²) in [5, 5.41) is 9.15. The van der Waals surface area contributed by atoms with Gasteiger partial charge in [0.05, 0.1) is 12.1 Å². The quantitative estimate of drug-likeness (QED) is 0.793. The maximum Gasteiger partial charge on any atom is 0.341 e. The minimum Gasteiger partial charge on any atom is -0.396 e. The van der Waals surface area contributed by atoms with Crippen molar-refractivity contribution in [2.24, 2.45) is 0 Å². The summed E-state index contributed by atoms with van der Waals surface area (Å²) in [5.41, 5.74) is 5.19. The fraction of sp³-hybridized carbons (Fsp3) is 0.611. The first-order valence-corrected chi connectivity index (χ1v) is 8.70. The summed E-state index contributed by atoms with van der Waals surface area (Å²) in [7, 11) is 0.